The molecule has 2 amide bonds. The van der Waals surface area contributed by atoms with Crippen LogP contribution < -0.4 is 9.80 Å². The summed E-state index contributed by atoms with van der Waals surface area (Å²) in [7, 11) is -2.93. The average molecular weight is 784 g/mol. The van der Waals surface area contributed by atoms with E-state index in [9.17, 15) is 14.7 Å². The number of nitrogens with zero attached hydrogens (tertiary/aromatic N) is 5. The molecule has 0 aliphatic carbocycles. The van der Waals surface area contributed by atoms with E-state index in [1.54, 1.807) is 20.5 Å². The van der Waals surface area contributed by atoms with Gasteiger partial charge in [0.1, 0.15) is 0 Å². The zero-order chi connectivity index (χ0) is 38.9. The van der Waals surface area contributed by atoms with Crippen LogP contribution in [0.2, 0.25) is 23.7 Å². The van der Waals surface area contributed by atoms with Crippen molar-refractivity contribution in [1.29, 1.82) is 0 Å². The molecule has 12 heteroatoms. The number of hydrogen-bond donors (Lipinski definition) is 2. The summed E-state index contributed by atoms with van der Waals surface area (Å²) in [5.41, 5.74) is 4.43. The quantitative estimate of drug-likeness (QED) is 0.135. The van der Waals surface area contributed by atoms with E-state index >= 15 is 4.79 Å². The molecule has 56 heavy (non-hydrogen) atoms. The third kappa shape index (κ3) is 5.80. The van der Waals surface area contributed by atoms with Gasteiger partial charge in [-0.25, -0.2) is 0 Å². The van der Waals surface area contributed by atoms with Gasteiger partial charge in [0.25, 0.3) is 11.8 Å². The van der Waals surface area contributed by atoms with Crippen LogP contribution in [0.4, 0.5) is 17.1 Å². The zero-order valence-electron chi connectivity index (χ0n) is 31.3. The van der Waals surface area contributed by atoms with Crippen molar-refractivity contribution in [2.24, 2.45) is 5.92 Å². The lowest BCUT2D eigenvalue weighted by Crippen LogP contribution is -2.46. The normalized spacial score (nSPS) is 22.1. The Bertz CT molecular complexity index is 2500. The molecule has 5 aromatic carbocycles. The maximum absolute atomic E-state index is 15.1. The number of amides is 2. The molecule has 0 bridgehead atoms. The van der Waals surface area contributed by atoms with E-state index in [0.717, 1.165) is 33.3 Å². The van der Waals surface area contributed by atoms with Crippen molar-refractivity contribution in [1.82, 2.24) is 15.0 Å². The second-order valence-electron chi connectivity index (χ2n) is 15.7. The third-order valence-corrected chi connectivity index (χ3v) is 14.7. The molecule has 1 fully saturated rings. The molecule has 6 aromatic rings. The molecule has 5 atom stereocenters. The van der Waals surface area contributed by atoms with Gasteiger partial charge < -0.3 is 19.5 Å². The first-order valence-electron chi connectivity index (χ1n) is 19.0. The smallest absolute Gasteiger partial charge is 0.264 e. The van der Waals surface area contributed by atoms with Gasteiger partial charge >= 0.3 is 0 Å². The van der Waals surface area contributed by atoms with Crippen molar-refractivity contribution in [2.45, 2.75) is 62.7 Å². The van der Waals surface area contributed by atoms with Crippen LogP contribution in [0.15, 0.2) is 115 Å². The van der Waals surface area contributed by atoms with E-state index in [4.69, 9.17) is 16.3 Å². The summed E-state index contributed by atoms with van der Waals surface area (Å²) < 4.78 is 8.79. The highest BCUT2D eigenvalue weighted by atomic mass is 35.5. The highest BCUT2D eigenvalue weighted by Gasteiger charge is 2.66. The minimum atomic E-state index is -2.93. The second-order valence-corrected chi connectivity index (χ2v) is 20.2. The first-order chi connectivity index (χ1) is 27.0. The number of aromatic nitrogens is 3. The van der Waals surface area contributed by atoms with Crippen molar-refractivity contribution in [2.75, 3.05) is 16.4 Å². The van der Waals surface area contributed by atoms with Crippen molar-refractivity contribution < 1.29 is 24.2 Å². The minimum absolute atomic E-state index is 0.0855. The van der Waals surface area contributed by atoms with Crippen LogP contribution in [-0.4, -0.2) is 57.7 Å². The standard InChI is InChI=1S/C44H42ClN5O5Si/c1-27-41(56(2,3)54)39(20-21-48-25-36(46-47-48)34(26-51)29-11-5-4-6-12-29)55-44(27)35-23-31(45)18-19-37(35)49(43(44)53)24-28-10-7-15-32(22-28)50-38-17-9-14-30-13-8-16-33(40(30)38)42(50)52/h4-19,22-23,25,27,34,39,41,51,54H,20-21,24,26H2,1-3H3/t27-,34?,39+,41-,44+/m1/s1. The lowest BCUT2D eigenvalue weighted by molar-refractivity contribution is -0.146. The molecular weight excluding hydrogens is 742 g/mol. The maximum Gasteiger partial charge on any atom is 0.264 e. The molecule has 1 aromatic heterocycles. The Morgan fingerprint density at radius 2 is 1.70 bits per heavy atom. The Labute approximate surface area is 331 Å². The van der Waals surface area contributed by atoms with E-state index in [2.05, 4.69) is 10.3 Å². The molecule has 284 valence electrons. The number of aliphatic hydroxyl groups excluding tert-OH is 1. The number of fused-ring (bicyclic) bond motifs is 2. The number of carbonyl (C=O) groups excluding carboxylic acids is 2. The number of hydrogen-bond acceptors (Lipinski definition) is 7. The fraction of sp³-hybridized carbons (Fsp3) is 0.273. The average Bonchev–Trinajstić information content (AvgIpc) is 3.91. The van der Waals surface area contributed by atoms with Gasteiger partial charge in [-0.2, -0.15) is 0 Å². The topological polar surface area (TPSA) is 121 Å². The highest BCUT2D eigenvalue weighted by molar-refractivity contribution is 6.71. The summed E-state index contributed by atoms with van der Waals surface area (Å²) >= 11 is 6.66. The number of halogens is 1. The maximum atomic E-state index is 15.1. The monoisotopic (exact) mass is 783 g/mol. The number of aliphatic hydroxyl groups is 1. The predicted molar refractivity (Wildman–Crippen MR) is 219 cm³/mol. The zero-order valence-corrected chi connectivity index (χ0v) is 33.1. The van der Waals surface area contributed by atoms with Crippen LogP contribution in [0.5, 0.6) is 0 Å². The first kappa shape index (κ1) is 36.5. The Kier molecular flexibility index (Phi) is 8.98. The molecule has 4 heterocycles. The van der Waals surface area contributed by atoms with Gasteiger partial charge in [-0.15, -0.1) is 5.10 Å². The van der Waals surface area contributed by atoms with Gasteiger partial charge in [-0.3, -0.25) is 19.2 Å². The largest absolute Gasteiger partial charge is 0.432 e. The Balaban J connectivity index is 1.01. The molecule has 2 N–H and O–H groups in total. The van der Waals surface area contributed by atoms with E-state index < -0.39 is 20.0 Å². The molecule has 1 spiro atoms. The molecule has 3 aliphatic heterocycles. The van der Waals surface area contributed by atoms with E-state index in [0.29, 0.717) is 40.5 Å². The van der Waals surface area contributed by atoms with Crippen molar-refractivity contribution in [3.8, 4) is 0 Å². The Hall–Kier alpha value is -5.17. The summed E-state index contributed by atoms with van der Waals surface area (Å²) in [6.07, 6.45) is 1.87. The van der Waals surface area contributed by atoms with Crippen LogP contribution >= 0.6 is 11.6 Å². The van der Waals surface area contributed by atoms with Crippen molar-refractivity contribution in [3.05, 3.63) is 148 Å². The van der Waals surface area contributed by atoms with Crippen LogP contribution in [0.1, 0.15) is 52.0 Å². The SMILES string of the molecule is C[C@@H]1[C@@H]([Si](C)(C)O)[C@H](CCn2cc(C(CO)c3ccccc3)nn2)O[C@@]12C(=O)N(Cc1cccc(N3C(=O)c4cccc5cccc3c45)c1)c1ccc(Cl)cc12. The summed E-state index contributed by atoms with van der Waals surface area (Å²) in [6.45, 7) is 6.40. The van der Waals surface area contributed by atoms with Crippen molar-refractivity contribution >= 4 is 59.6 Å². The van der Waals surface area contributed by atoms with E-state index in [-0.39, 0.29) is 42.3 Å². The molecule has 9 rings (SSSR count). The summed E-state index contributed by atoms with van der Waals surface area (Å²) in [4.78, 5) is 44.2. The molecule has 0 saturated carbocycles. The second kappa shape index (κ2) is 13.8. The number of ether oxygens (including phenoxy) is 1. The molecule has 10 nitrogen and oxygen atoms in total. The van der Waals surface area contributed by atoms with Gasteiger partial charge in [0.05, 0.1) is 47.8 Å². The Morgan fingerprint density at radius 1 is 0.929 bits per heavy atom. The number of carbonyl (C=O) groups is 2. The molecule has 0 radical (unpaired) electrons. The van der Waals surface area contributed by atoms with E-state index in [1.807, 2.05) is 129 Å². The Morgan fingerprint density at radius 3 is 2.46 bits per heavy atom. The minimum Gasteiger partial charge on any atom is -0.432 e. The van der Waals surface area contributed by atoms with E-state index in [1.165, 1.54) is 0 Å². The number of benzene rings is 5. The number of aryl methyl sites for hydroxylation is 1. The van der Waals surface area contributed by atoms with Crippen LogP contribution in [0, 0.1) is 5.92 Å². The van der Waals surface area contributed by atoms with Crippen LogP contribution in [-0.2, 0) is 28.2 Å². The third-order valence-electron chi connectivity index (χ3n) is 12.0. The van der Waals surface area contributed by atoms with Gasteiger partial charge in [0, 0.05) is 45.9 Å². The fourth-order valence-corrected chi connectivity index (χ4v) is 12.3. The molecule has 1 unspecified atom stereocenters. The summed E-state index contributed by atoms with van der Waals surface area (Å²) in [5, 5.41) is 21.4. The lowest BCUT2D eigenvalue weighted by atomic mass is 9.82. The number of rotatable bonds is 10. The van der Waals surface area contributed by atoms with Gasteiger partial charge in [0.2, 0.25) is 0 Å². The van der Waals surface area contributed by atoms with Gasteiger partial charge in [-0.1, -0.05) is 90.5 Å². The highest BCUT2D eigenvalue weighted by Crippen LogP contribution is 2.60. The fourth-order valence-electron chi connectivity index (χ4n) is 9.52. The van der Waals surface area contributed by atoms with Crippen molar-refractivity contribution in [3.63, 3.8) is 0 Å². The molecule has 1 saturated heterocycles. The van der Waals surface area contributed by atoms with Crippen LogP contribution in [0.3, 0.4) is 0 Å². The lowest BCUT2D eigenvalue weighted by Gasteiger charge is -2.32. The van der Waals surface area contributed by atoms with Gasteiger partial charge in [-0.05, 0) is 78.5 Å². The molecule has 3 aliphatic rings. The summed E-state index contributed by atoms with van der Waals surface area (Å²) in [6, 6.07) is 34.7. The first-order valence-corrected chi connectivity index (χ1v) is 22.4. The van der Waals surface area contributed by atoms with Gasteiger partial charge in [0.15, 0.2) is 13.9 Å². The summed E-state index contributed by atoms with van der Waals surface area (Å²) in [5.74, 6) is -0.968. The molecular formula is C44H42ClN5O5Si. The number of anilines is 3. The van der Waals surface area contributed by atoms with Crippen LogP contribution in [0.25, 0.3) is 10.8 Å². The predicted octanol–water partition coefficient (Wildman–Crippen LogP) is 7.94.